The van der Waals surface area contributed by atoms with Crippen LogP contribution in [0, 0.1) is 0 Å². The molecule has 2 aromatic heterocycles. The molecule has 0 fully saturated rings. The number of pyridine rings is 2. The fourth-order valence-electron chi connectivity index (χ4n) is 1.78. The molecule has 0 radical (unpaired) electrons. The van der Waals surface area contributed by atoms with Gasteiger partial charge in [-0.25, -0.2) is 4.98 Å². The maximum Gasteiger partial charge on any atom is 0.294 e. The quantitative estimate of drug-likeness (QED) is 0.576. The first-order chi connectivity index (χ1) is 11.2. The lowest BCUT2D eigenvalue weighted by Gasteiger charge is -2.10. The van der Waals surface area contributed by atoms with Gasteiger partial charge in [-0.1, -0.05) is 6.07 Å². The van der Waals surface area contributed by atoms with Gasteiger partial charge in [-0.3, -0.25) is 9.36 Å². The van der Waals surface area contributed by atoms with Gasteiger partial charge in [0.25, 0.3) is 5.56 Å². The van der Waals surface area contributed by atoms with Gasteiger partial charge in [0, 0.05) is 42.3 Å². The van der Waals surface area contributed by atoms with Crippen molar-refractivity contribution in [3.8, 4) is 11.6 Å². The lowest BCUT2D eigenvalue weighted by Crippen LogP contribution is -2.22. The molecule has 0 aliphatic carbocycles. The highest BCUT2D eigenvalue weighted by atomic mass is 32.2. The Morgan fingerprint density at radius 2 is 2.17 bits per heavy atom. The number of nitrogens with zero attached hydrogens (tertiary/aromatic N) is 2. The SMILES string of the molecule is COCOc1cc(SCc2ccc(OC)nc2)cn(CO)c1=O. The summed E-state index contributed by atoms with van der Waals surface area (Å²) in [5, 5.41) is 9.28. The van der Waals surface area contributed by atoms with Crippen LogP contribution in [0.5, 0.6) is 11.6 Å². The third-order valence-corrected chi connectivity index (χ3v) is 3.96. The van der Waals surface area contributed by atoms with Gasteiger partial charge in [0.15, 0.2) is 12.5 Å². The number of hydrogen-bond acceptors (Lipinski definition) is 7. The van der Waals surface area contributed by atoms with Gasteiger partial charge in [0.05, 0.1) is 7.11 Å². The zero-order chi connectivity index (χ0) is 16.7. The van der Waals surface area contributed by atoms with Gasteiger partial charge in [-0.2, -0.15) is 0 Å². The first-order valence-electron chi connectivity index (χ1n) is 6.76. The predicted molar refractivity (Wildman–Crippen MR) is 85.8 cm³/mol. The van der Waals surface area contributed by atoms with Gasteiger partial charge in [-0.05, 0) is 5.56 Å². The zero-order valence-electron chi connectivity index (χ0n) is 12.9. The van der Waals surface area contributed by atoms with Crippen molar-refractivity contribution in [2.24, 2.45) is 0 Å². The number of aliphatic hydroxyl groups excluding tert-OH is 1. The van der Waals surface area contributed by atoms with E-state index in [-0.39, 0.29) is 12.5 Å². The van der Waals surface area contributed by atoms with Crippen molar-refractivity contribution >= 4 is 11.8 Å². The summed E-state index contributed by atoms with van der Waals surface area (Å²) in [7, 11) is 3.04. The van der Waals surface area contributed by atoms with Crippen LogP contribution in [0.1, 0.15) is 5.56 Å². The highest BCUT2D eigenvalue weighted by Gasteiger charge is 2.08. The molecule has 7 nitrogen and oxygen atoms in total. The molecule has 1 N–H and O–H groups in total. The molecular weight excluding hydrogens is 320 g/mol. The first-order valence-corrected chi connectivity index (χ1v) is 7.75. The molecule has 124 valence electrons. The summed E-state index contributed by atoms with van der Waals surface area (Å²) in [6, 6.07) is 5.34. The molecule has 2 aromatic rings. The number of ether oxygens (including phenoxy) is 3. The maximum absolute atomic E-state index is 12.0. The van der Waals surface area contributed by atoms with Crippen molar-refractivity contribution in [1.82, 2.24) is 9.55 Å². The monoisotopic (exact) mass is 338 g/mol. The van der Waals surface area contributed by atoms with Crippen molar-refractivity contribution in [3.05, 3.63) is 46.5 Å². The fraction of sp³-hybridized carbons (Fsp3) is 0.333. The standard InChI is InChI=1S/C15H18N2O5S/c1-20-10-22-13-5-12(7-17(9-18)15(13)19)23-8-11-3-4-14(21-2)16-6-11/h3-7,18H,8-10H2,1-2H3. The lowest BCUT2D eigenvalue weighted by atomic mass is 10.3. The zero-order valence-corrected chi connectivity index (χ0v) is 13.7. The van der Waals surface area contributed by atoms with E-state index in [9.17, 15) is 9.90 Å². The van der Waals surface area contributed by atoms with Gasteiger partial charge in [0.2, 0.25) is 5.88 Å². The van der Waals surface area contributed by atoms with Crippen molar-refractivity contribution in [3.63, 3.8) is 0 Å². The number of methoxy groups -OCH3 is 2. The highest BCUT2D eigenvalue weighted by Crippen LogP contribution is 2.24. The Morgan fingerprint density at radius 3 is 2.78 bits per heavy atom. The number of hydrogen-bond donors (Lipinski definition) is 1. The second kappa shape index (κ2) is 8.56. The Morgan fingerprint density at radius 1 is 1.35 bits per heavy atom. The van der Waals surface area contributed by atoms with Gasteiger partial charge in [-0.15, -0.1) is 11.8 Å². The summed E-state index contributed by atoms with van der Waals surface area (Å²) in [5.74, 6) is 1.35. The predicted octanol–water partition coefficient (Wildman–Crippen LogP) is 1.48. The van der Waals surface area contributed by atoms with Gasteiger partial charge < -0.3 is 19.3 Å². The van der Waals surface area contributed by atoms with Crippen molar-refractivity contribution < 1.29 is 19.3 Å². The van der Waals surface area contributed by atoms with Crippen LogP contribution >= 0.6 is 11.8 Å². The molecule has 2 rings (SSSR count). The third kappa shape index (κ3) is 4.72. The summed E-state index contributed by atoms with van der Waals surface area (Å²) in [6.07, 6.45) is 3.32. The van der Waals surface area contributed by atoms with Crippen LogP contribution in [0.4, 0.5) is 0 Å². The molecule has 0 spiro atoms. The molecular formula is C15H18N2O5S. The van der Waals surface area contributed by atoms with E-state index in [0.717, 1.165) is 10.5 Å². The van der Waals surface area contributed by atoms with E-state index in [2.05, 4.69) is 4.98 Å². The molecule has 23 heavy (non-hydrogen) atoms. The summed E-state index contributed by atoms with van der Waals surface area (Å²) in [5.41, 5.74) is 0.608. The Kier molecular flexibility index (Phi) is 6.45. The molecule has 8 heteroatoms. The van der Waals surface area contributed by atoms with Gasteiger partial charge >= 0.3 is 0 Å². The van der Waals surface area contributed by atoms with Gasteiger partial charge in [0.1, 0.15) is 6.73 Å². The largest absolute Gasteiger partial charge is 0.481 e. The van der Waals surface area contributed by atoms with Crippen LogP contribution < -0.4 is 15.0 Å². The first kappa shape index (κ1) is 17.3. The van der Waals surface area contributed by atoms with Crippen LogP contribution in [-0.2, 0) is 17.2 Å². The van der Waals surface area contributed by atoms with E-state index in [4.69, 9.17) is 14.2 Å². The molecule has 0 aliphatic heterocycles. The summed E-state index contributed by atoms with van der Waals surface area (Å²) in [6.45, 7) is -0.447. The fourth-order valence-corrected chi connectivity index (χ4v) is 2.67. The number of rotatable bonds is 8. The summed E-state index contributed by atoms with van der Waals surface area (Å²) < 4.78 is 16.2. The summed E-state index contributed by atoms with van der Waals surface area (Å²) in [4.78, 5) is 16.9. The smallest absolute Gasteiger partial charge is 0.294 e. The second-order valence-corrected chi connectivity index (χ2v) is 5.55. The van der Waals surface area contributed by atoms with E-state index in [1.807, 2.05) is 6.07 Å². The molecule has 0 aromatic carbocycles. The Balaban J connectivity index is 2.13. The molecule has 0 saturated heterocycles. The van der Waals surface area contributed by atoms with E-state index in [1.54, 1.807) is 31.6 Å². The normalized spacial score (nSPS) is 10.6. The molecule has 0 amide bonds. The average Bonchev–Trinajstić information content (AvgIpc) is 2.60. The lowest BCUT2D eigenvalue weighted by molar-refractivity contribution is 0.0488. The van der Waals surface area contributed by atoms with Crippen molar-refractivity contribution in [1.29, 1.82) is 0 Å². The molecule has 0 atom stereocenters. The van der Waals surface area contributed by atoms with Crippen LogP contribution in [0.3, 0.4) is 0 Å². The minimum Gasteiger partial charge on any atom is -0.481 e. The van der Waals surface area contributed by atoms with Crippen LogP contribution in [0.25, 0.3) is 0 Å². The Hall–Kier alpha value is -2.03. The molecule has 0 aliphatic rings. The van der Waals surface area contributed by atoms with E-state index in [0.29, 0.717) is 11.6 Å². The van der Waals surface area contributed by atoms with E-state index in [1.165, 1.54) is 23.4 Å². The third-order valence-electron chi connectivity index (χ3n) is 2.92. The van der Waals surface area contributed by atoms with E-state index >= 15 is 0 Å². The molecule has 2 heterocycles. The number of thioether (sulfide) groups is 1. The average molecular weight is 338 g/mol. The number of aromatic nitrogens is 2. The Labute approximate surface area is 137 Å². The molecule has 0 bridgehead atoms. The highest BCUT2D eigenvalue weighted by molar-refractivity contribution is 7.98. The topological polar surface area (TPSA) is 82.8 Å². The minimum atomic E-state index is -0.416. The second-order valence-electron chi connectivity index (χ2n) is 4.50. The maximum atomic E-state index is 12.0. The molecule has 0 unspecified atom stereocenters. The molecule has 0 saturated carbocycles. The van der Waals surface area contributed by atoms with E-state index < -0.39 is 12.3 Å². The van der Waals surface area contributed by atoms with Crippen LogP contribution in [0.2, 0.25) is 0 Å². The summed E-state index contributed by atoms with van der Waals surface area (Å²) >= 11 is 1.50. The van der Waals surface area contributed by atoms with Crippen molar-refractivity contribution in [2.45, 2.75) is 17.4 Å². The Bertz CT molecular complexity index is 687. The number of aliphatic hydroxyl groups is 1. The van der Waals surface area contributed by atoms with Crippen molar-refractivity contribution in [2.75, 3.05) is 21.0 Å². The minimum absolute atomic E-state index is 0.0306. The van der Waals surface area contributed by atoms with Crippen LogP contribution in [-0.4, -0.2) is 35.7 Å². The van der Waals surface area contributed by atoms with Crippen LogP contribution in [0.15, 0.2) is 40.3 Å².